The zero-order valence-electron chi connectivity index (χ0n) is 22.3. The summed E-state index contributed by atoms with van der Waals surface area (Å²) >= 11 is 0. The van der Waals surface area contributed by atoms with Crippen LogP contribution in [0, 0.1) is 5.41 Å². The largest absolute Gasteiger partial charge is 0.490 e. The zero-order chi connectivity index (χ0) is 28.4. The predicted molar refractivity (Wildman–Crippen MR) is 155 cm³/mol. The van der Waals surface area contributed by atoms with Gasteiger partial charge in [0.25, 0.3) is 0 Å². The summed E-state index contributed by atoms with van der Waals surface area (Å²) < 4.78 is 6.25. The topological polar surface area (TPSA) is 121 Å². The molecule has 41 heavy (non-hydrogen) atoms. The lowest BCUT2D eigenvalue weighted by Gasteiger charge is -2.38. The quantitative estimate of drug-likeness (QED) is 0.248. The molecule has 9 nitrogen and oxygen atoms in total. The molecule has 1 aliphatic heterocycles. The van der Waals surface area contributed by atoms with Crippen molar-refractivity contribution in [3.8, 4) is 5.75 Å². The van der Waals surface area contributed by atoms with Crippen LogP contribution in [0.25, 0.3) is 10.9 Å². The summed E-state index contributed by atoms with van der Waals surface area (Å²) in [5, 5.41) is 16.5. The Balaban J connectivity index is 1.09. The van der Waals surface area contributed by atoms with Crippen molar-refractivity contribution in [2.75, 3.05) is 17.2 Å². The van der Waals surface area contributed by atoms with Crippen molar-refractivity contribution < 1.29 is 24.2 Å². The molecule has 4 aromatic rings. The van der Waals surface area contributed by atoms with E-state index in [0.29, 0.717) is 49.4 Å². The lowest BCUT2D eigenvalue weighted by molar-refractivity contribution is -0.131. The van der Waals surface area contributed by atoms with Crippen LogP contribution in [0.4, 0.5) is 16.2 Å². The molecule has 2 aliphatic rings. The van der Waals surface area contributed by atoms with Crippen LogP contribution in [0.5, 0.6) is 5.75 Å². The van der Waals surface area contributed by atoms with E-state index in [1.807, 2.05) is 48.5 Å². The summed E-state index contributed by atoms with van der Waals surface area (Å²) in [6, 6.07) is 25.5. The number of amides is 3. The Morgan fingerprint density at radius 1 is 0.878 bits per heavy atom. The van der Waals surface area contributed by atoms with Gasteiger partial charge in [0.1, 0.15) is 17.3 Å². The van der Waals surface area contributed by atoms with Crippen molar-refractivity contribution in [2.24, 2.45) is 5.41 Å². The number of fused-ring (bicyclic) bond motifs is 1. The number of rotatable bonds is 7. The summed E-state index contributed by atoms with van der Waals surface area (Å²) in [6.45, 7) is 0.353. The van der Waals surface area contributed by atoms with Gasteiger partial charge in [0.05, 0.1) is 11.6 Å². The van der Waals surface area contributed by atoms with Crippen molar-refractivity contribution in [3.05, 3.63) is 96.7 Å². The summed E-state index contributed by atoms with van der Waals surface area (Å²) in [5.74, 6) is -0.00220. The summed E-state index contributed by atoms with van der Waals surface area (Å²) in [4.78, 5) is 43.7. The number of carboxylic acid groups (broad SMARTS) is 1. The molecule has 6 rings (SSSR count). The van der Waals surface area contributed by atoms with Gasteiger partial charge in [0, 0.05) is 42.3 Å². The summed E-state index contributed by atoms with van der Waals surface area (Å²) in [5.41, 5.74) is 1.88. The van der Waals surface area contributed by atoms with Gasteiger partial charge < -0.3 is 25.4 Å². The first-order valence-electron chi connectivity index (χ1n) is 13.7. The van der Waals surface area contributed by atoms with Crippen LogP contribution < -0.4 is 15.4 Å². The molecule has 1 saturated carbocycles. The van der Waals surface area contributed by atoms with E-state index in [9.17, 15) is 19.5 Å². The van der Waals surface area contributed by atoms with Gasteiger partial charge in [-0.25, -0.2) is 4.79 Å². The Morgan fingerprint density at radius 3 is 2.27 bits per heavy atom. The van der Waals surface area contributed by atoms with Crippen LogP contribution in [-0.2, 0) is 9.59 Å². The monoisotopic (exact) mass is 550 g/mol. The molecule has 208 valence electrons. The molecular formula is C32H30N4O5. The first-order valence-corrected chi connectivity index (χ1v) is 13.7. The number of ether oxygens (including phenoxy) is 1. The molecule has 3 N–H and O–H groups in total. The first-order chi connectivity index (χ1) is 19.9. The van der Waals surface area contributed by atoms with E-state index < -0.39 is 11.5 Å². The number of anilines is 2. The molecule has 1 saturated heterocycles. The van der Waals surface area contributed by atoms with Crippen LogP contribution in [0.15, 0.2) is 91.1 Å². The number of benzene rings is 3. The average molecular weight is 551 g/mol. The number of piperidine rings is 1. The number of hydrogen-bond donors (Lipinski definition) is 3. The smallest absolute Gasteiger partial charge is 0.407 e. The third kappa shape index (κ3) is 5.56. The molecule has 2 heterocycles. The fourth-order valence-corrected chi connectivity index (χ4v) is 5.39. The van der Waals surface area contributed by atoms with Gasteiger partial charge in [-0.15, -0.1) is 0 Å². The maximum atomic E-state index is 13.0. The molecule has 9 heteroatoms. The maximum Gasteiger partial charge on any atom is 0.407 e. The highest BCUT2D eigenvalue weighted by atomic mass is 16.5. The van der Waals surface area contributed by atoms with Crippen LogP contribution in [0.1, 0.15) is 37.3 Å². The number of carbonyl (C=O) groups is 3. The number of hydrogen-bond acceptors (Lipinski definition) is 5. The first kappa shape index (κ1) is 26.3. The molecule has 0 radical (unpaired) electrons. The van der Waals surface area contributed by atoms with Gasteiger partial charge in [-0.3, -0.25) is 14.6 Å². The lowest BCUT2D eigenvalue weighted by Crippen LogP contribution is -2.43. The maximum absolute atomic E-state index is 13.0. The Hall–Kier alpha value is -4.92. The highest BCUT2D eigenvalue weighted by molar-refractivity contribution is 6.16. The van der Waals surface area contributed by atoms with Crippen molar-refractivity contribution in [3.63, 3.8) is 0 Å². The highest BCUT2D eigenvalue weighted by Crippen LogP contribution is 2.47. The van der Waals surface area contributed by atoms with Gasteiger partial charge in [0.2, 0.25) is 11.8 Å². The summed E-state index contributed by atoms with van der Waals surface area (Å²) in [7, 11) is 0. The van der Waals surface area contributed by atoms with E-state index >= 15 is 0 Å². The second kappa shape index (κ2) is 10.9. The van der Waals surface area contributed by atoms with Gasteiger partial charge >= 0.3 is 6.09 Å². The number of para-hydroxylation sites is 1. The Labute approximate surface area is 237 Å². The molecule has 1 aliphatic carbocycles. The number of carbonyl (C=O) groups excluding carboxylic acids is 2. The minimum atomic E-state index is -1.06. The average Bonchev–Trinajstić information content (AvgIpc) is 3.81. The summed E-state index contributed by atoms with van der Waals surface area (Å²) in [6.07, 6.45) is 2.65. The van der Waals surface area contributed by atoms with Gasteiger partial charge in [0.15, 0.2) is 0 Å². The number of pyridine rings is 1. The van der Waals surface area contributed by atoms with Gasteiger partial charge in [-0.2, -0.15) is 0 Å². The zero-order valence-corrected chi connectivity index (χ0v) is 22.3. The standard InChI is InChI=1S/C32H30N4O5/c37-29(34-23-6-2-1-3-7-23)32(15-16-32)30(38)35-24-10-12-25(13-11-24)41-26-14-18-36(31(39)40)28(20-26)22-9-8-21-5-4-17-33-27(21)19-22/h1-13,17,19,26,28H,14-16,18,20H2,(H,34,37)(H,35,38)(H,39,40). The molecule has 2 fully saturated rings. The molecule has 2 unspecified atom stereocenters. The molecule has 3 aromatic carbocycles. The second-order valence-electron chi connectivity index (χ2n) is 10.6. The molecule has 0 bridgehead atoms. The van der Waals surface area contributed by atoms with E-state index in [1.165, 1.54) is 4.90 Å². The Kier molecular flexibility index (Phi) is 7.01. The highest BCUT2D eigenvalue weighted by Gasteiger charge is 2.56. The van der Waals surface area contributed by atoms with E-state index in [4.69, 9.17) is 4.74 Å². The number of nitrogens with one attached hydrogen (secondary N) is 2. The van der Waals surface area contributed by atoms with Crippen molar-refractivity contribution in [2.45, 2.75) is 37.8 Å². The second-order valence-corrected chi connectivity index (χ2v) is 10.6. The van der Waals surface area contributed by atoms with Crippen molar-refractivity contribution in [1.82, 2.24) is 9.88 Å². The fourth-order valence-electron chi connectivity index (χ4n) is 5.39. The molecule has 1 aromatic heterocycles. The fraction of sp³-hybridized carbons (Fsp3) is 0.250. The third-order valence-electron chi connectivity index (χ3n) is 7.88. The van der Waals surface area contributed by atoms with Crippen LogP contribution in [0.2, 0.25) is 0 Å². The van der Waals surface area contributed by atoms with Crippen LogP contribution in [0.3, 0.4) is 0 Å². The molecule has 0 spiro atoms. The van der Waals surface area contributed by atoms with Gasteiger partial charge in [-0.05, 0) is 66.9 Å². The molecular weight excluding hydrogens is 520 g/mol. The normalized spacial score (nSPS) is 19.3. The SMILES string of the molecule is O=C(O)N1CCC(Oc2ccc(NC(=O)C3(C(=O)Nc4ccccc4)CC3)cc2)CC1c1ccc2cccnc2c1. The lowest BCUT2D eigenvalue weighted by atomic mass is 9.93. The third-order valence-corrected chi connectivity index (χ3v) is 7.88. The minimum Gasteiger partial charge on any atom is -0.490 e. The molecule has 3 amide bonds. The van der Waals surface area contributed by atoms with E-state index in [0.717, 1.165) is 16.5 Å². The minimum absolute atomic E-state index is 0.188. The Bertz CT molecular complexity index is 1590. The van der Waals surface area contributed by atoms with E-state index in [2.05, 4.69) is 15.6 Å². The van der Waals surface area contributed by atoms with E-state index in [-0.39, 0.29) is 24.0 Å². The number of nitrogens with zero attached hydrogens (tertiary/aromatic N) is 2. The van der Waals surface area contributed by atoms with Crippen LogP contribution >= 0.6 is 0 Å². The number of aromatic nitrogens is 1. The van der Waals surface area contributed by atoms with Crippen LogP contribution in [-0.4, -0.2) is 45.5 Å². The molecule has 2 atom stereocenters. The van der Waals surface area contributed by atoms with Gasteiger partial charge in [-0.1, -0.05) is 36.4 Å². The number of likely N-dealkylation sites (tertiary alicyclic amines) is 1. The van der Waals surface area contributed by atoms with E-state index in [1.54, 1.807) is 42.6 Å². The van der Waals surface area contributed by atoms with Crippen molar-refractivity contribution >= 4 is 40.2 Å². The van der Waals surface area contributed by atoms with Crippen molar-refractivity contribution in [1.29, 1.82) is 0 Å². The predicted octanol–water partition coefficient (Wildman–Crippen LogP) is 5.85. The Morgan fingerprint density at radius 2 is 1.59 bits per heavy atom.